The van der Waals surface area contributed by atoms with Crippen molar-refractivity contribution in [2.45, 2.75) is 0 Å². The Labute approximate surface area is 49.2 Å². The topological polar surface area (TPSA) is 34.1 Å². The first-order chi connectivity index (χ1) is 2.00. The first-order valence-corrected chi connectivity index (χ1v) is 2.71. The number of rotatable bonds is 0. The molecular formula is O2ZnZr. The maximum absolute atomic E-state index is 8.38. The Bertz CT molecular complexity index is 8.00. The standard InChI is InChI=1S/2O.Zn.Zr. The molecule has 4 heteroatoms. The van der Waals surface area contributed by atoms with Gasteiger partial charge in [-0.2, -0.15) is 0 Å². The Morgan fingerprint density at radius 2 is 1.25 bits per heavy atom. The van der Waals surface area contributed by atoms with Crippen LogP contribution in [0.5, 0.6) is 0 Å². The molecule has 0 saturated heterocycles. The van der Waals surface area contributed by atoms with E-state index >= 15 is 0 Å². The van der Waals surface area contributed by atoms with Gasteiger partial charge in [-0.05, 0) is 0 Å². The van der Waals surface area contributed by atoms with Crippen LogP contribution in [-0.2, 0) is 49.4 Å². The Balaban J connectivity index is 0. The zero-order valence-corrected chi connectivity index (χ0v) is 7.45. The van der Waals surface area contributed by atoms with E-state index in [1.165, 1.54) is 0 Å². The van der Waals surface area contributed by atoms with Crippen LogP contribution in [0.1, 0.15) is 0 Å². The van der Waals surface area contributed by atoms with Crippen LogP contribution in [0.3, 0.4) is 0 Å². The Hall–Kier alpha value is 1.11. The van der Waals surface area contributed by atoms with Crippen molar-refractivity contribution < 1.29 is 49.4 Å². The Morgan fingerprint density at radius 1 is 1.25 bits per heavy atom. The van der Waals surface area contributed by atoms with Crippen molar-refractivity contribution in [3.63, 3.8) is 0 Å². The van der Waals surface area contributed by atoms with Gasteiger partial charge >= 0.3 is 49.4 Å². The van der Waals surface area contributed by atoms with E-state index in [0.29, 0.717) is 24.7 Å². The van der Waals surface area contributed by atoms with Gasteiger partial charge in [-0.15, -0.1) is 0 Å². The van der Waals surface area contributed by atoms with Gasteiger partial charge in [-0.1, -0.05) is 0 Å². The van der Waals surface area contributed by atoms with Crippen molar-refractivity contribution in [3.05, 3.63) is 0 Å². The molecular weight excluding hydrogens is 189 g/mol. The summed E-state index contributed by atoms with van der Waals surface area (Å²) >= 11 is 0.425. The molecule has 0 aliphatic heterocycles. The molecule has 0 heterocycles. The fraction of sp³-hybridized carbons (Fsp3) is 0. The second-order valence-electron chi connectivity index (χ2n) is 0. The summed E-state index contributed by atoms with van der Waals surface area (Å²) in [6.45, 7) is 0. The van der Waals surface area contributed by atoms with Crippen LogP contribution in [0.2, 0.25) is 0 Å². The molecule has 18 valence electrons. The van der Waals surface area contributed by atoms with Gasteiger partial charge in [0.1, 0.15) is 0 Å². The minimum atomic E-state index is 0.125. The fourth-order valence-electron chi connectivity index (χ4n) is 0. The molecule has 0 bridgehead atoms. The van der Waals surface area contributed by atoms with Gasteiger partial charge in [0.05, 0.1) is 0 Å². The van der Waals surface area contributed by atoms with Gasteiger partial charge in [0, 0.05) is 0 Å². The van der Waals surface area contributed by atoms with Gasteiger partial charge in [0.25, 0.3) is 0 Å². The molecule has 0 aromatic carbocycles. The average molecular weight is 189 g/mol. The van der Waals surface area contributed by atoms with E-state index in [-0.39, 0.29) is 18.3 Å². The van der Waals surface area contributed by atoms with Gasteiger partial charge in [0.2, 0.25) is 0 Å². The second kappa shape index (κ2) is 32.4. The van der Waals surface area contributed by atoms with Gasteiger partial charge in [-0.3, -0.25) is 0 Å². The minimum absolute atomic E-state index is 0.125. The zero-order chi connectivity index (χ0) is 4.00. The molecule has 4 heavy (non-hydrogen) atoms. The molecule has 0 unspecified atom stereocenters. The molecule has 0 aliphatic carbocycles. The third kappa shape index (κ3) is 11.3. The summed E-state index contributed by atoms with van der Waals surface area (Å²) in [4.78, 5) is 0. The summed E-state index contributed by atoms with van der Waals surface area (Å²) in [6.07, 6.45) is 0. The Kier molecular flexibility index (Phi) is 72.2. The summed E-state index contributed by atoms with van der Waals surface area (Å²) in [5.41, 5.74) is 0. The molecule has 0 aliphatic rings. The van der Waals surface area contributed by atoms with Crippen LogP contribution in [0.4, 0.5) is 0 Å². The van der Waals surface area contributed by atoms with Crippen LogP contribution in [0.15, 0.2) is 0 Å². The molecule has 0 saturated carbocycles. The summed E-state index contributed by atoms with van der Waals surface area (Å²) in [7, 11) is 0. The molecule has 0 amide bonds. The van der Waals surface area contributed by atoms with E-state index in [1.807, 2.05) is 0 Å². The molecule has 2 nitrogen and oxygen atoms in total. The third-order valence-electron chi connectivity index (χ3n) is 0. The van der Waals surface area contributed by atoms with Crippen LogP contribution in [0.25, 0.3) is 0 Å². The van der Waals surface area contributed by atoms with Gasteiger partial charge < -0.3 is 0 Å². The first-order valence-electron chi connectivity index (χ1n) is 0.493. The van der Waals surface area contributed by atoms with E-state index in [2.05, 4.69) is 0 Å². The number of hydrogen-bond acceptors (Lipinski definition) is 2. The SMILES string of the molecule is [O]=[Zn].[O]=[Zr]. The van der Waals surface area contributed by atoms with Crippen molar-refractivity contribution in [2.75, 3.05) is 0 Å². The second-order valence-corrected chi connectivity index (χ2v) is 0. The first kappa shape index (κ1) is 8.92. The van der Waals surface area contributed by atoms with Crippen molar-refractivity contribution >= 4 is 0 Å². The molecule has 0 aromatic heterocycles. The zero-order valence-electron chi connectivity index (χ0n) is 2.02. The van der Waals surface area contributed by atoms with Crippen LogP contribution >= 0.6 is 0 Å². The summed E-state index contributed by atoms with van der Waals surface area (Å²) in [5.74, 6) is 0. The summed E-state index contributed by atoms with van der Waals surface area (Å²) in [6, 6.07) is 0. The van der Waals surface area contributed by atoms with Crippen LogP contribution in [0, 0.1) is 0 Å². The Morgan fingerprint density at radius 3 is 1.25 bits per heavy atom. The van der Waals surface area contributed by atoms with Crippen molar-refractivity contribution in [1.29, 1.82) is 0 Å². The normalized spacial score (nSPS) is 2.25. The van der Waals surface area contributed by atoms with E-state index in [1.54, 1.807) is 0 Å². The fourth-order valence-corrected chi connectivity index (χ4v) is 0. The van der Waals surface area contributed by atoms with Gasteiger partial charge in [-0.25, -0.2) is 0 Å². The molecule has 0 atom stereocenters. The molecule has 0 aromatic rings. The maximum atomic E-state index is 8.38. The van der Waals surface area contributed by atoms with Crippen molar-refractivity contribution in [3.8, 4) is 0 Å². The predicted molar refractivity (Wildman–Crippen MR) is 1.37 cm³/mol. The van der Waals surface area contributed by atoms with E-state index < -0.39 is 0 Å². The molecule has 0 rings (SSSR count). The average Bonchev–Trinajstić information content (AvgIpc) is 1.50. The molecule has 0 radical (unpaired) electrons. The van der Waals surface area contributed by atoms with Crippen LogP contribution < -0.4 is 0 Å². The van der Waals surface area contributed by atoms with Gasteiger partial charge in [0.15, 0.2) is 0 Å². The third-order valence-corrected chi connectivity index (χ3v) is 0. The molecule has 0 spiro atoms. The van der Waals surface area contributed by atoms with Crippen molar-refractivity contribution in [1.82, 2.24) is 0 Å². The molecule has 0 N–H and O–H groups in total. The quantitative estimate of drug-likeness (QED) is 0.492. The predicted octanol–water partition coefficient (Wildman–Crippen LogP) is -0.243. The monoisotopic (exact) mass is 186 g/mol. The summed E-state index contributed by atoms with van der Waals surface area (Å²) < 4.78 is 16.7. The van der Waals surface area contributed by atoms with E-state index in [0.717, 1.165) is 0 Å². The van der Waals surface area contributed by atoms with E-state index in [9.17, 15) is 0 Å². The van der Waals surface area contributed by atoms with E-state index in [4.69, 9.17) is 6.39 Å². The van der Waals surface area contributed by atoms with Crippen molar-refractivity contribution in [2.24, 2.45) is 0 Å². The molecule has 0 fully saturated rings. The summed E-state index contributed by atoms with van der Waals surface area (Å²) in [5, 5.41) is 0. The van der Waals surface area contributed by atoms with Crippen LogP contribution in [-0.4, -0.2) is 0 Å². The number of hydrogen-bond donors (Lipinski definition) is 0.